The summed E-state index contributed by atoms with van der Waals surface area (Å²) in [6.07, 6.45) is 1.83. The molecule has 0 N–H and O–H groups in total. The van der Waals surface area contributed by atoms with Gasteiger partial charge in [0.15, 0.2) is 5.84 Å². The van der Waals surface area contributed by atoms with Gasteiger partial charge in [-0.1, -0.05) is 51.8 Å². The van der Waals surface area contributed by atoms with Crippen molar-refractivity contribution < 1.29 is 4.79 Å². The molecule has 0 spiro atoms. The van der Waals surface area contributed by atoms with Gasteiger partial charge in [0, 0.05) is 19.4 Å². The summed E-state index contributed by atoms with van der Waals surface area (Å²) in [5.41, 5.74) is 1.15. The molecule has 0 saturated heterocycles. The lowest BCUT2D eigenvalue weighted by Gasteiger charge is -2.18. The maximum Gasteiger partial charge on any atom is 0.282 e. The first-order valence-corrected chi connectivity index (χ1v) is 11.6. The van der Waals surface area contributed by atoms with E-state index in [2.05, 4.69) is 15.9 Å². The van der Waals surface area contributed by atoms with E-state index in [0.717, 1.165) is 30.0 Å². The van der Waals surface area contributed by atoms with E-state index in [1.54, 1.807) is 27.6 Å². The van der Waals surface area contributed by atoms with Crippen LogP contribution in [0.3, 0.4) is 0 Å². The van der Waals surface area contributed by atoms with Gasteiger partial charge in [-0.05, 0) is 47.9 Å². The Balaban J connectivity index is 1.70. The molecule has 0 bridgehead atoms. The summed E-state index contributed by atoms with van der Waals surface area (Å²) in [6.45, 7) is 0. The zero-order valence-electron chi connectivity index (χ0n) is 14.8. The highest BCUT2D eigenvalue weighted by molar-refractivity contribution is 9.10. The highest BCUT2D eigenvalue weighted by atomic mass is 79.9. The normalized spacial score (nSPS) is 15.5. The second-order valence-electron chi connectivity index (χ2n) is 6.34. The highest BCUT2D eigenvalue weighted by Gasteiger charge is 2.35. The molecule has 5 rings (SSSR count). The van der Waals surface area contributed by atoms with Gasteiger partial charge in [-0.2, -0.15) is 0 Å². The van der Waals surface area contributed by atoms with Crippen molar-refractivity contribution in [1.82, 2.24) is 0 Å². The monoisotopic (exact) mass is 498 g/mol. The van der Waals surface area contributed by atoms with Crippen LogP contribution in [0, 0.1) is 0 Å². The number of aliphatic imine (C=N–C) groups is 1. The maximum absolute atomic E-state index is 13.3. The van der Waals surface area contributed by atoms with E-state index in [0.29, 0.717) is 16.6 Å². The Labute approximate surface area is 188 Å². The fourth-order valence-electron chi connectivity index (χ4n) is 3.16. The lowest BCUT2D eigenvalue weighted by Crippen LogP contribution is -2.32. The van der Waals surface area contributed by atoms with Crippen LogP contribution in [0.4, 0.5) is 5.69 Å². The minimum absolute atomic E-state index is 0.163. The van der Waals surface area contributed by atoms with Crippen molar-refractivity contribution in [2.75, 3.05) is 4.90 Å². The first-order valence-electron chi connectivity index (χ1n) is 8.73. The second kappa shape index (κ2) is 7.54. The fourth-order valence-corrected chi connectivity index (χ4v) is 5.58. The summed E-state index contributed by atoms with van der Waals surface area (Å²) in [4.78, 5) is 21.5. The molecular weight excluding hydrogens is 488 g/mol. The van der Waals surface area contributed by atoms with Gasteiger partial charge in [-0.25, -0.2) is 4.99 Å². The van der Waals surface area contributed by atoms with Gasteiger partial charge in [0.05, 0.1) is 15.6 Å². The molecule has 0 fully saturated rings. The number of amides is 1. The molecular formula is C22H12BrClN2OS2. The predicted molar refractivity (Wildman–Crippen MR) is 127 cm³/mol. The number of amidine groups is 1. The molecule has 3 nitrogen and oxygen atoms in total. The first-order chi connectivity index (χ1) is 14.1. The molecule has 0 radical (unpaired) electrons. The predicted octanol–water partition coefficient (Wildman–Crippen LogP) is 7.21. The van der Waals surface area contributed by atoms with Crippen LogP contribution in [-0.4, -0.2) is 11.7 Å². The van der Waals surface area contributed by atoms with E-state index < -0.39 is 0 Å². The van der Waals surface area contributed by atoms with Crippen LogP contribution in [0.1, 0.15) is 9.75 Å². The summed E-state index contributed by atoms with van der Waals surface area (Å²) in [5.74, 6) is 0.399. The third-order valence-electron chi connectivity index (χ3n) is 4.51. The lowest BCUT2D eigenvalue weighted by molar-refractivity contribution is -0.113. The van der Waals surface area contributed by atoms with Crippen molar-refractivity contribution in [2.45, 2.75) is 0 Å². The number of anilines is 1. The zero-order valence-corrected chi connectivity index (χ0v) is 18.8. The molecule has 0 aliphatic carbocycles. The van der Waals surface area contributed by atoms with Gasteiger partial charge >= 0.3 is 0 Å². The van der Waals surface area contributed by atoms with Crippen molar-refractivity contribution in [3.63, 3.8) is 0 Å². The molecule has 142 valence electrons. The van der Waals surface area contributed by atoms with E-state index in [4.69, 9.17) is 16.6 Å². The van der Waals surface area contributed by atoms with E-state index in [1.807, 2.05) is 72.1 Å². The molecule has 3 heterocycles. The molecule has 1 aliphatic heterocycles. The summed E-state index contributed by atoms with van der Waals surface area (Å²) >= 11 is 13.3. The topological polar surface area (TPSA) is 32.7 Å². The molecule has 1 aliphatic rings. The first kappa shape index (κ1) is 18.8. The Bertz CT molecular complexity index is 1290. The van der Waals surface area contributed by atoms with Gasteiger partial charge < -0.3 is 0 Å². The van der Waals surface area contributed by atoms with Gasteiger partial charge in [-0.3, -0.25) is 9.69 Å². The van der Waals surface area contributed by atoms with Crippen LogP contribution in [0.5, 0.6) is 0 Å². The Kier molecular flexibility index (Phi) is 4.87. The van der Waals surface area contributed by atoms with E-state index >= 15 is 0 Å². The van der Waals surface area contributed by atoms with E-state index in [1.165, 1.54) is 0 Å². The van der Waals surface area contributed by atoms with Crippen LogP contribution >= 0.6 is 50.2 Å². The Morgan fingerprint density at radius 2 is 1.83 bits per heavy atom. The Morgan fingerprint density at radius 3 is 2.55 bits per heavy atom. The fraction of sp³-hybridized carbons (Fsp3) is 0. The minimum atomic E-state index is -0.163. The van der Waals surface area contributed by atoms with Crippen LogP contribution < -0.4 is 4.90 Å². The standard InChI is InChI=1S/C22H12BrClN2OS2/c23-13-7-9-14(10-8-13)26-21(20-19(24)16-5-1-2-6-18(16)29-20)25-17(22(26)27)12-15-4-3-11-28-15/h1-12H/b17-12+. The molecule has 1 amide bonds. The van der Waals surface area contributed by atoms with E-state index in [9.17, 15) is 4.79 Å². The lowest BCUT2D eigenvalue weighted by atomic mass is 10.2. The number of fused-ring (bicyclic) bond motifs is 1. The van der Waals surface area contributed by atoms with E-state index in [-0.39, 0.29) is 5.91 Å². The smallest absolute Gasteiger partial charge is 0.266 e. The molecule has 0 saturated carbocycles. The largest absolute Gasteiger partial charge is 0.282 e. The van der Waals surface area contributed by atoms with Crippen LogP contribution in [0.15, 0.2) is 81.2 Å². The molecule has 0 unspecified atom stereocenters. The quantitative estimate of drug-likeness (QED) is 0.274. The Hall–Kier alpha value is -2.25. The molecule has 0 atom stereocenters. The van der Waals surface area contributed by atoms with Crippen LogP contribution in [-0.2, 0) is 4.79 Å². The second-order valence-corrected chi connectivity index (χ2v) is 9.66. The van der Waals surface area contributed by atoms with Gasteiger partial charge in [-0.15, -0.1) is 22.7 Å². The summed E-state index contributed by atoms with van der Waals surface area (Å²) in [6, 6.07) is 19.5. The Morgan fingerprint density at radius 1 is 1.03 bits per heavy atom. The highest BCUT2D eigenvalue weighted by Crippen LogP contribution is 2.39. The van der Waals surface area contributed by atoms with Gasteiger partial charge in [0.25, 0.3) is 5.91 Å². The third kappa shape index (κ3) is 3.36. The van der Waals surface area contributed by atoms with Gasteiger partial charge in [0.2, 0.25) is 0 Å². The van der Waals surface area contributed by atoms with Crippen molar-refractivity contribution >= 4 is 83.8 Å². The molecule has 29 heavy (non-hydrogen) atoms. The summed E-state index contributed by atoms with van der Waals surface area (Å²) in [5, 5.41) is 3.57. The average molecular weight is 500 g/mol. The average Bonchev–Trinajstić information content (AvgIpc) is 3.43. The molecule has 2 aromatic carbocycles. The number of carbonyl (C=O) groups is 1. The summed E-state index contributed by atoms with van der Waals surface area (Å²) < 4.78 is 2.01. The zero-order chi connectivity index (χ0) is 20.0. The minimum Gasteiger partial charge on any atom is -0.266 e. The number of carbonyl (C=O) groups excluding carboxylic acids is 1. The number of halogens is 2. The van der Waals surface area contributed by atoms with Crippen molar-refractivity contribution in [1.29, 1.82) is 0 Å². The summed E-state index contributed by atoms with van der Waals surface area (Å²) in [7, 11) is 0. The van der Waals surface area contributed by atoms with Crippen molar-refractivity contribution in [3.05, 3.63) is 91.0 Å². The number of thiophene rings is 2. The number of hydrogen-bond donors (Lipinski definition) is 0. The van der Waals surface area contributed by atoms with Crippen LogP contribution in [0.25, 0.3) is 16.2 Å². The number of rotatable bonds is 3. The molecule has 4 aromatic rings. The molecule has 7 heteroatoms. The number of benzene rings is 2. The maximum atomic E-state index is 13.3. The van der Waals surface area contributed by atoms with Crippen molar-refractivity contribution in [2.24, 2.45) is 4.99 Å². The number of hydrogen-bond acceptors (Lipinski definition) is 4. The number of nitrogens with zero attached hydrogens (tertiary/aromatic N) is 2. The van der Waals surface area contributed by atoms with Gasteiger partial charge in [0.1, 0.15) is 5.70 Å². The van der Waals surface area contributed by atoms with Crippen molar-refractivity contribution in [3.8, 4) is 0 Å². The third-order valence-corrected chi connectivity index (χ3v) is 7.52. The SMILES string of the molecule is O=C1/C(=C\c2cccs2)N=C(c2sc3ccccc3c2Cl)N1c1ccc(Br)cc1. The van der Waals surface area contributed by atoms with Crippen LogP contribution in [0.2, 0.25) is 5.02 Å². The molecule has 2 aromatic heterocycles.